The van der Waals surface area contributed by atoms with Crippen LogP contribution in [0.2, 0.25) is 0 Å². The Morgan fingerprint density at radius 1 is 1.50 bits per heavy atom. The molecule has 2 atom stereocenters. The van der Waals surface area contributed by atoms with Crippen molar-refractivity contribution in [3.8, 4) is 0 Å². The van der Waals surface area contributed by atoms with Gasteiger partial charge in [-0.15, -0.1) is 0 Å². The summed E-state index contributed by atoms with van der Waals surface area (Å²) in [5.74, 6) is 0.854. The van der Waals surface area contributed by atoms with Gasteiger partial charge in [0.15, 0.2) is 0 Å². The van der Waals surface area contributed by atoms with E-state index in [1.807, 2.05) is 0 Å². The maximum absolute atomic E-state index is 9.02. The molecule has 0 aromatic carbocycles. The molecule has 2 unspecified atom stereocenters. The summed E-state index contributed by atoms with van der Waals surface area (Å²) in [7, 11) is 0. The third-order valence-electron chi connectivity index (χ3n) is 2.94. The van der Waals surface area contributed by atoms with Crippen molar-refractivity contribution in [1.82, 2.24) is 0 Å². The van der Waals surface area contributed by atoms with Gasteiger partial charge in [-0.2, -0.15) is 0 Å². The maximum atomic E-state index is 9.02. The average molecular weight is 144 g/mol. The van der Waals surface area contributed by atoms with Gasteiger partial charge in [0.2, 0.25) is 0 Å². The molecule has 2 nitrogen and oxygen atoms in total. The summed E-state index contributed by atoms with van der Waals surface area (Å²) in [6.07, 6.45) is 0.998. The standard InChI is InChI=1S/C8H16O2/c1-6(2)8(5-10)3-7(8)4-9/h6-7,9-10H,3-5H2,1-2H3. The predicted octanol–water partition coefficient (Wildman–Crippen LogP) is 0.633. The van der Waals surface area contributed by atoms with E-state index in [4.69, 9.17) is 10.2 Å². The van der Waals surface area contributed by atoms with Crippen LogP contribution in [0.1, 0.15) is 20.3 Å². The summed E-state index contributed by atoms with van der Waals surface area (Å²) in [6, 6.07) is 0. The monoisotopic (exact) mass is 144 g/mol. The van der Waals surface area contributed by atoms with Gasteiger partial charge in [0.1, 0.15) is 0 Å². The lowest BCUT2D eigenvalue weighted by Gasteiger charge is -2.17. The van der Waals surface area contributed by atoms with Gasteiger partial charge < -0.3 is 10.2 Å². The van der Waals surface area contributed by atoms with Gasteiger partial charge >= 0.3 is 0 Å². The third-order valence-corrected chi connectivity index (χ3v) is 2.94. The van der Waals surface area contributed by atoms with Gasteiger partial charge in [-0.3, -0.25) is 0 Å². The van der Waals surface area contributed by atoms with Gasteiger partial charge in [0.05, 0.1) is 0 Å². The maximum Gasteiger partial charge on any atom is 0.0493 e. The average Bonchev–Trinajstić information content (AvgIpc) is 2.62. The Labute approximate surface area is 61.9 Å². The molecule has 60 valence electrons. The van der Waals surface area contributed by atoms with Crippen LogP contribution in [0.4, 0.5) is 0 Å². The number of hydrogen-bond donors (Lipinski definition) is 2. The Hall–Kier alpha value is -0.0800. The van der Waals surface area contributed by atoms with Gasteiger partial charge in [-0.05, 0) is 18.3 Å². The fraction of sp³-hybridized carbons (Fsp3) is 1.00. The van der Waals surface area contributed by atoms with E-state index in [0.717, 1.165) is 6.42 Å². The molecule has 0 radical (unpaired) electrons. The van der Waals surface area contributed by atoms with E-state index < -0.39 is 0 Å². The van der Waals surface area contributed by atoms with Crippen LogP contribution in [0.25, 0.3) is 0 Å². The highest BCUT2D eigenvalue weighted by molar-refractivity contribution is 5.03. The van der Waals surface area contributed by atoms with Crippen molar-refractivity contribution in [3.05, 3.63) is 0 Å². The van der Waals surface area contributed by atoms with Crippen molar-refractivity contribution < 1.29 is 10.2 Å². The van der Waals surface area contributed by atoms with Crippen LogP contribution >= 0.6 is 0 Å². The molecule has 1 fully saturated rings. The molecule has 0 amide bonds. The fourth-order valence-corrected chi connectivity index (χ4v) is 1.73. The second-order valence-electron chi connectivity index (χ2n) is 3.63. The summed E-state index contributed by atoms with van der Waals surface area (Å²) in [5.41, 5.74) is 0.0642. The van der Waals surface area contributed by atoms with Gasteiger partial charge in [-0.25, -0.2) is 0 Å². The van der Waals surface area contributed by atoms with E-state index >= 15 is 0 Å². The zero-order valence-electron chi connectivity index (χ0n) is 6.67. The molecule has 0 saturated heterocycles. The highest BCUT2D eigenvalue weighted by atomic mass is 16.3. The highest BCUT2D eigenvalue weighted by Gasteiger charge is 2.54. The number of aliphatic hydroxyl groups is 2. The fourth-order valence-electron chi connectivity index (χ4n) is 1.73. The third kappa shape index (κ3) is 0.956. The van der Waals surface area contributed by atoms with Crippen LogP contribution in [-0.4, -0.2) is 23.4 Å². The lowest BCUT2D eigenvalue weighted by molar-refractivity contribution is 0.136. The minimum Gasteiger partial charge on any atom is -0.396 e. The molecule has 0 aliphatic heterocycles. The molecule has 2 heteroatoms. The van der Waals surface area contributed by atoms with Gasteiger partial charge in [-0.1, -0.05) is 13.8 Å². The Bertz CT molecular complexity index is 122. The van der Waals surface area contributed by atoms with E-state index in [9.17, 15) is 0 Å². The normalized spacial score (nSPS) is 38.7. The zero-order chi connectivity index (χ0) is 7.78. The quantitative estimate of drug-likeness (QED) is 0.610. The second kappa shape index (κ2) is 2.51. The SMILES string of the molecule is CC(C)C1(CO)CC1CO. The molecular weight excluding hydrogens is 128 g/mol. The molecule has 0 aromatic heterocycles. The summed E-state index contributed by atoms with van der Waals surface area (Å²) >= 11 is 0. The van der Waals surface area contributed by atoms with Gasteiger partial charge in [0.25, 0.3) is 0 Å². The van der Waals surface area contributed by atoms with Crippen LogP contribution in [0.5, 0.6) is 0 Å². The molecule has 0 bridgehead atoms. The summed E-state index contributed by atoms with van der Waals surface area (Å²) in [6.45, 7) is 4.67. The first kappa shape index (κ1) is 8.02. The molecule has 1 aliphatic rings. The molecule has 0 aromatic rings. The van der Waals surface area contributed by atoms with Crippen molar-refractivity contribution >= 4 is 0 Å². The van der Waals surface area contributed by atoms with Crippen LogP contribution in [0.15, 0.2) is 0 Å². The van der Waals surface area contributed by atoms with Crippen LogP contribution < -0.4 is 0 Å². The minimum atomic E-state index is 0.0642. The van der Waals surface area contributed by atoms with Crippen LogP contribution in [0, 0.1) is 17.3 Å². The summed E-state index contributed by atoms with van der Waals surface area (Å²) < 4.78 is 0. The molecule has 1 saturated carbocycles. The van der Waals surface area contributed by atoms with Crippen LogP contribution in [0.3, 0.4) is 0 Å². The molecule has 0 spiro atoms. The Balaban J connectivity index is 2.50. The topological polar surface area (TPSA) is 40.5 Å². The Morgan fingerprint density at radius 3 is 2.20 bits per heavy atom. The first-order chi connectivity index (χ1) is 4.67. The lowest BCUT2D eigenvalue weighted by atomic mass is 9.91. The number of aliphatic hydroxyl groups excluding tert-OH is 2. The number of hydrogen-bond acceptors (Lipinski definition) is 2. The van der Waals surface area contributed by atoms with Crippen molar-refractivity contribution in [2.45, 2.75) is 20.3 Å². The first-order valence-corrected chi connectivity index (χ1v) is 3.89. The van der Waals surface area contributed by atoms with Crippen molar-refractivity contribution in [2.75, 3.05) is 13.2 Å². The lowest BCUT2D eigenvalue weighted by Crippen LogP contribution is -2.18. The van der Waals surface area contributed by atoms with Gasteiger partial charge in [0, 0.05) is 18.6 Å². The van der Waals surface area contributed by atoms with Crippen LogP contribution in [-0.2, 0) is 0 Å². The van der Waals surface area contributed by atoms with E-state index in [2.05, 4.69) is 13.8 Å². The van der Waals surface area contributed by atoms with E-state index in [0.29, 0.717) is 11.8 Å². The minimum absolute atomic E-state index is 0.0642. The van der Waals surface area contributed by atoms with Crippen molar-refractivity contribution in [3.63, 3.8) is 0 Å². The summed E-state index contributed by atoms with van der Waals surface area (Å²) in [4.78, 5) is 0. The smallest absolute Gasteiger partial charge is 0.0493 e. The summed E-state index contributed by atoms with van der Waals surface area (Å²) in [5, 5.41) is 17.8. The molecular formula is C8H16O2. The number of rotatable bonds is 3. The second-order valence-corrected chi connectivity index (χ2v) is 3.63. The zero-order valence-corrected chi connectivity index (χ0v) is 6.67. The van der Waals surface area contributed by atoms with E-state index in [-0.39, 0.29) is 18.6 Å². The molecule has 1 rings (SSSR count). The van der Waals surface area contributed by atoms with Crippen molar-refractivity contribution in [2.24, 2.45) is 17.3 Å². The first-order valence-electron chi connectivity index (χ1n) is 3.89. The molecule has 0 heterocycles. The van der Waals surface area contributed by atoms with E-state index in [1.165, 1.54) is 0 Å². The van der Waals surface area contributed by atoms with E-state index in [1.54, 1.807) is 0 Å². The molecule has 1 aliphatic carbocycles. The van der Waals surface area contributed by atoms with Crippen molar-refractivity contribution in [1.29, 1.82) is 0 Å². The highest BCUT2D eigenvalue weighted by Crippen LogP contribution is 2.56. The Morgan fingerprint density at radius 2 is 2.10 bits per heavy atom. The Kier molecular flexibility index (Phi) is 2.02. The predicted molar refractivity (Wildman–Crippen MR) is 39.5 cm³/mol. The molecule has 2 N–H and O–H groups in total. The molecule has 10 heavy (non-hydrogen) atoms. The largest absolute Gasteiger partial charge is 0.396 e.